The van der Waals surface area contributed by atoms with Crippen molar-refractivity contribution in [1.29, 1.82) is 0 Å². The number of hydrogen-bond donors (Lipinski definition) is 3. The number of ketones is 1. The standard InChI is InChI=1S/C18H25N3O.C12H12F2O.C4H8.C2H6/c1-4-12-5-10-15-16(11-12)21-17(20-15)18(2,3)22-14-8-6-13(19)7-9-14;1-3-4-10-5-7-11(8-6-10)12(13,14)9(2)15;1-2-4-3-1;1-2/h5-10,12,17,20-21H,4,11,19H2,1-3H3;3,5-8H,1,4H2,2H3;1-4H2;1-2H3. The minimum Gasteiger partial charge on any atom is -0.484 e. The lowest BCUT2D eigenvalue weighted by Gasteiger charge is -2.33. The molecule has 2 unspecified atom stereocenters. The topological polar surface area (TPSA) is 76.4 Å². The van der Waals surface area contributed by atoms with Gasteiger partial charge in [-0.2, -0.15) is 8.78 Å². The number of carbonyl (C=O) groups is 1. The van der Waals surface area contributed by atoms with Gasteiger partial charge in [-0.25, -0.2) is 0 Å². The summed E-state index contributed by atoms with van der Waals surface area (Å²) in [5.74, 6) is -3.06. The van der Waals surface area contributed by atoms with Crippen LogP contribution >= 0.6 is 0 Å². The number of carbonyl (C=O) groups excluding carboxylic acids is 1. The molecule has 5 nitrogen and oxygen atoms in total. The van der Waals surface area contributed by atoms with E-state index >= 15 is 0 Å². The van der Waals surface area contributed by atoms with Gasteiger partial charge >= 0.3 is 5.92 Å². The maximum absolute atomic E-state index is 13.2. The summed E-state index contributed by atoms with van der Waals surface area (Å²) in [5, 5.41) is 7.14. The van der Waals surface area contributed by atoms with Crippen molar-refractivity contribution in [1.82, 2.24) is 10.6 Å². The number of rotatable bonds is 8. The van der Waals surface area contributed by atoms with E-state index in [-0.39, 0.29) is 17.3 Å². The fourth-order valence-corrected chi connectivity index (χ4v) is 4.41. The van der Waals surface area contributed by atoms with Crippen LogP contribution in [0.3, 0.4) is 0 Å². The zero-order valence-electron chi connectivity index (χ0n) is 26.8. The van der Waals surface area contributed by atoms with E-state index in [9.17, 15) is 13.6 Å². The normalized spacial score (nSPS) is 18.4. The van der Waals surface area contributed by atoms with E-state index in [1.165, 1.54) is 55.6 Å². The Morgan fingerprint density at radius 2 is 1.60 bits per heavy atom. The van der Waals surface area contributed by atoms with Crippen molar-refractivity contribution in [2.24, 2.45) is 5.92 Å². The zero-order chi connectivity index (χ0) is 32.0. The molecule has 2 aromatic rings. The molecule has 5 rings (SSSR count). The van der Waals surface area contributed by atoms with E-state index in [1.54, 1.807) is 18.2 Å². The lowest BCUT2D eigenvalue weighted by atomic mass is 9.95. The number of benzene rings is 2. The minimum absolute atomic E-state index is 0.0512. The van der Waals surface area contributed by atoms with Crippen LogP contribution in [0, 0.1) is 5.92 Å². The van der Waals surface area contributed by atoms with Crippen LogP contribution in [0.4, 0.5) is 14.5 Å². The summed E-state index contributed by atoms with van der Waals surface area (Å²) < 4.78 is 32.6. The predicted molar refractivity (Wildman–Crippen MR) is 175 cm³/mol. The van der Waals surface area contributed by atoms with Gasteiger partial charge in [-0.15, -0.1) is 6.58 Å². The van der Waals surface area contributed by atoms with Crippen LogP contribution in [0.15, 0.2) is 84.7 Å². The first-order chi connectivity index (χ1) is 20.5. The first-order valence-electron chi connectivity index (χ1n) is 15.5. The number of Topliss-reactive ketones (excluding diaryl/α,β-unsaturated/α-hetero) is 1. The summed E-state index contributed by atoms with van der Waals surface area (Å²) >= 11 is 0. The van der Waals surface area contributed by atoms with Crippen LogP contribution in [-0.2, 0) is 17.1 Å². The number of nitrogens with one attached hydrogen (secondary N) is 2. The van der Waals surface area contributed by atoms with Crippen LogP contribution in [-0.4, -0.2) is 17.6 Å². The molecule has 1 saturated carbocycles. The second-order valence-electron chi connectivity index (χ2n) is 11.4. The second kappa shape index (κ2) is 16.9. The molecule has 1 fully saturated rings. The molecule has 1 aliphatic heterocycles. The molecule has 1 heterocycles. The average Bonchev–Trinajstić information content (AvgIpc) is 3.40. The Labute approximate surface area is 257 Å². The molecule has 0 amide bonds. The molecule has 0 spiro atoms. The molecule has 3 aliphatic rings. The van der Waals surface area contributed by atoms with Gasteiger partial charge in [0, 0.05) is 23.9 Å². The van der Waals surface area contributed by atoms with Gasteiger partial charge < -0.3 is 21.1 Å². The molecule has 43 heavy (non-hydrogen) atoms. The third kappa shape index (κ3) is 10.6. The van der Waals surface area contributed by atoms with Crippen molar-refractivity contribution < 1.29 is 18.3 Å². The highest BCUT2D eigenvalue weighted by Crippen LogP contribution is 2.31. The molecule has 0 saturated heterocycles. The lowest BCUT2D eigenvalue weighted by molar-refractivity contribution is -0.141. The van der Waals surface area contributed by atoms with Crippen LogP contribution in [0.1, 0.15) is 91.2 Å². The highest BCUT2D eigenvalue weighted by molar-refractivity contribution is 5.84. The second-order valence-corrected chi connectivity index (χ2v) is 11.4. The number of nitrogens with two attached hydrogens (primary N) is 1. The van der Waals surface area contributed by atoms with Crippen molar-refractivity contribution in [2.75, 3.05) is 5.73 Å². The summed E-state index contributed by atoms with van der Waals surface area (Å²) in [7, 11) is 0. The van der Waals surface area contributed by atoms with Gasteiger partial charge in [0.15, 0.2) is 0 Å². The lowest BCUT2D eigenvalue weighted by Crippen LogP contribution is -2.54. The molecule has 0 radical (unpaired) electrons. The summed E-state index contributed by atoms with van der Waals surface area (Å²) in [5.41, 5.74) is 9.22. The maximum Gasteiger partial charge on any atom is 0.330 e. The Morgan fingerprint density at radius 3 is 2.09 bits per heavy atom. The van der Waals surface area contributed by atoms with Gasteiger partial charge in [0.1, 0.15) is 17.5 Å². The molecule has 0 bridgehead atoms. The van der Waals surface area contributed by atoms with Crippen molar-refractivity contribution in [3.05, 3.63) is 95.9 Å². The minimum atomic E-state index is -3.38. The number of nitrogen functional groups attached to an aromatic ring is 1. The van der Waals surface area contributed by atoms with Crippen molar-refractivity contribution in [3.8, 4) is 5.75 Å². The Bertz CT molecular complexity index is 1210. The third-order valence-corrected chi connectivity index (χ3v) is 7.56. The summed E-state index contributed by atoms with van der Waals surface area (Å²) in [4.78, 5) is 10.7. The first-order valence-corrected chi connectivity index (χ1v) is 15.5. The molecular weight excluding hydrogens is 544 g/mol. The summed E-state index contributed by atoms with van der Waals surface area (Å²) in [6.45, 7) is 14.9. The number of anilines is 1. The molecular formula is C36H51F2N3O2. The van der Waals surface area contributed by atoms with E-state index in [1.807, 2.05) is 38.1 Å². The van der Waals surface area contributed by atoms with E-state index in [2.05, 4.69) is 50.1 Å². The zero-order valence-corrected chi connectivity index (χ0v) is 26.8. The summed E-state index contributed by atoms with van der Waals surface area (Å²) in [6, 6.07) is 13.2. The number of alkyl halides is 2. The molecule has 2 aromatic carbocycles. The van der Waals surface area contributed by atoms with E-state index < -0.39 is 11.7 Å². The van der Waals surface area contributed by atoms with Gasteiger partial charge in [-0.1, -0.05) is 82.9 Å². The van der Waals surface area contributed by atoms with Gasteiger partial charge in [0.2, 0.25) is 5.78 Å². The fourth-order valence-electron chi connectivity index (χ4n) is 4.41. The van der Waals surface area contributed by atoms with Gasteiger partial charge in [-0.3, -0.25) is 4.79 Å². The molecule has 2 atom stereocenters. The third-order valence-electron chi connectivity index (χ3n) is 7.56. The van der Waals surface area contributed by atoms with Gasteiger partial charge in [0.05, 0.1) is 5.70 Å². The number of ether oxygens (including phenoxy) is 1. The molecule has 236 valence electrons. The van der Waals surface area contributed by atoms with Crippen LogP contribution in [0.25, 0.3) is 0 Å². The maximum atomic E-state index is 13.2. The van der Waals surface area contributed by atoms with E-state index in [0.29, 0.717) is 12.3 Å². The largest absolute Gasteiger partial charge is 0.484 e. The molecule has 4 N–H and O–H groups in total. The monoisotopic (exact) mass is 595 g/mol. The number of allylic oxidation sites excluding steroid dienone is 4. The molecule has 0 aromatic heterocycles. The quantitative estimate of drug-likeness (QED) is 0.210. The van der Waals surface area contributed by atoms with E-state index in [4.69, 9.17) is 10.5 Å². The highest BCUT2D eigenvalue weighted by Gasteiger charge is 2.38. The average molecular weight is 596 g/mol. The van der Waals surface area contributed by atoms with Gasteiger partial charge in [0.25, 0.3) is 0 Å². The fraction of sp³-hybridized carbons (Fsp3) is 0.472. The number of halogens is 2. The Balaban J connectivity index is 0.000000265. The van der Waals surface area contributed by atoms with Crippen molar-refractivity contribution in [2.45, 2.75) is 104 Å². The Morgan fingerprint density at radius 1 is 1.02 bits per heavy atom. The Kier molecular flexibility index (Phi) is 14.0. The van der Waals surface area contributed by atoms with E-state index in [0.717, 1.165) is 30.3 Å². The molecule has 2 aliphatic carbocycles. The van der Waals surface area contributed by atoms with Crippen molar-refractivity contribution in [3.63, 3.8) is 0 Å². The van der Waals surface area contributed by atoms with Gasteiger partial charge in [-0.05, 0) is 74.9 Å². The number of hydrogen-bond acceptors (Lipinski definition) is 5. The smallest absolute Gasteiger partial charge is 0.330 e. The molecule has 7 heteroatoms. The predicted octanol–water partition coefficient (Wildman–Crippen LogP) is 8.83. The Hall–Kier alpha value is -3.61. The van der Waals surface area contributed by atoms with Crippen molar-refractivity contribution >= 4 is 11.5 Å². The first kappa shape index (κ1) is 35.6. The van der Waals surface area contributed by atoms with Crippen LogP contribution < -0.4 is 21.1 Å². The van der Waals surface area contributed by atoms with Crippen LogP contribution in [0.5, 0.6) is 5.75 Å². The van der Waals surface area contributed by atoms with Crippen LogP contribution in [0.2, 0.25) is 0 Å². The highest BCUT2D eigenvalue weighted by atomic mass is 19.3. The SMILES string of the molecule is C1CCC1.C=CCc1ccc(C(F)(F)C(C)=O)cc1.CC.CCC1C=CC2=C(C1)NC(C(C)(C)Oc1ccc(N)cc1)N2. The summed E-state index contributed by atoms with van der Waals surface area (Å²) in [6.07, 6.45) is 15.1.